The fourth-order valence-corrected chi connectivity index (χ4v) is 13.1. The van der Waals surface area contributed by atoms with Gasteiger partial charge in [-0.05, 0) is 86.4 Å². The summed E-state index contributed by atoms with van der Waals surface area (Å²) in [5, 5.41) is 75.7. The second-order valence-electron chi connectivity index (χ2n) is 18.1. The largest absolute Gasteiger partial charge is 0.462 e. The van der Waals surface area contributed by atoms with Gasteiger partial charge in [-0.25, -0.2) is 0 Å². The molecule has 0 radical (unpaired) electrons. The Labute approximate surface area is 291 Å². The average molecular weight is 695 g/mol. The van der Waals surface area contributed by atoms with Gasteiger partial charge in [-0.3, -0.25) is 4.79 Å². The predicted octanol–water partition coefficient (Wildman–Crippen LogP) is 2.45. The summed E-state index contributed by atoms with van der Waals surface area (Å²) in [7, 11) is 0. The maximum atomic E-state index is 12.3. The predicted molar refractivity (Wildman–Crippen MR) is 178 cm³/mol. The molecule has 5 saturated carbocycles. The number of carbonyl (C=O) groups is 1. The van der Waals surface area contributed by atoms with E-state index in [1.807, 2.05) is 6.92 Å². The van der Waals surface area contributed by atoms with Crippen LogP contribution in [0.25, 0.3) is 0 Å². The first-order valence-corrected chi connectivity index (χ1v) is 18.6. The molecule has 0 amide bonds. The summed E-state index contributed by atoms with van der Waals surface area (Å²) in [5.41, 5.74) is -0.704. The van der Waals surface area contributed by atoms with Crippen LogP contribution in [0.3, 0.4) is 0 Å². The Balaban J connectivity index is 1.14. The van der Waals surface area contributed by atoms with Crippen LogP contribution in [0.1, 0.15) is 99.8 Å². The molecule has 1 heterocycles. The van der Waals surface area contributed by atoms with Crippen molar-refractivity contribution < 1.29 is 54.8 Å². The molecule has 0 bridgehead atoms. The quantitative estimate of drug-likeness (QED) is 0.139. The molecule has 1 aliphatic heterocycles. The number of aliphatic hydroxyl groups excluding tert-OH is 7. The van der Waals surface area contributed by atoms with Crippen molar-refractivity contribution in [1.82, 2.24) is 0 Å². The summed E-state index contributed by atoms with van der Waals surface area (Å²) in [6.07, 6.45) is -0.676. The van der Waals surface area contributed by atoms with Gasteiger partial charge in [-0.15, -0.1) is 0 Å². The molecule has 49 heavy (non-hydrogen) atoms. The number of allylic oxidation sites excluding steroid dienone is 1. The topological polar surface area (TPSA) is 186 Å². The highest BCUT2D eigenvalue weighted by Crippen LogP contribution is 2.89. The standard InChI is InChI=1S/C38H62O11/c1-19(17-47-33-32(46)31(45)30(44)23(16-39)49-33)9-8-10-20(2)29-22(41)14-35(6)25-12-11-24-34(4,5)28(48-21(3)40)13-26(42)38(24)18-37(25,38)15-27(43)36(29,35)7/h9,20,22-33,39,41-46H,8,10-18H2,1-7H3/b19-9+/t20-,22+,23-,24+,25+,26+,27-,28+,29+,30-,31+,32-,33-,35+,36-,37+,38-/m1/s1. The fourth-order valence-electron chi connectivity index (χ4n) is 13.1. The third kappa shape index (κ3) is 5.34. The van der Waals surface area contributed by atoms with E-state index in [0.717, 1.165) is 37.7 Å². The zero-order chi connectivity index (χ0) is 36.1. The Morgan fingerprint density at radius 2 is 1.61 bits per heavy atom. The van der Waals surface area contributed by atoms with E-state index in [9.17, 15) is 40.5 Å². The Bertz CT molecular complexity index is 1290. The lowest BCUT2D eigenvalue weighted by atomic mass is 9.40. The van der Waals surface area contributed by atoms with Gasteiger partial charge in [0.2, 0.25) is 0 Å². The molecule has 6 rings (SSSR count). The molecule has 0 aromatic carbocycles. The molecule has 11 nitrogen and oxygen atoms in total. The smallest absolute Gasteiger partial charge is 0.302 e. The van der Waals surface area contributed by atoms with Crippen LogP contribution < -0.4 is 0 Å². The van der Waals surface area contributed by atoms with Gasteiger partial charge in [0.05, 0.1) is 31.5 Å². The second kappa shape index (κ2) is 12.8. The van der Waals surface area contributed by atoms with Crippen molar-refractivity contribution in [2.75, 3.05) is 13.2 Å². The molecule has 0 aromatic rings. The van der Waals surface area contributed by atoms with Crippen molar-refractivity contribution >= 4 is 5.97 Å². The van der Waals surface area contributed by atoms with E-state index in [0.29, 0.717) is 19.3 Å². The first-order valence-electron chi connectivity index (χ1n) is 18.6. The highest BCUT2D eigenvalue weighted by molar-refractivity contribution is 5.66. The molecule has 6 fully saturated rings. The number of ether oxygens (including phenoxy) is 3. The normalized spacial score (nSPS) is 52.3. The average Bonchev–Trinajstić information content (AvgIpc) is 3.64. The van der Waals surface area contributed by atoms with Crippen molar-refractivity contribution in [1.29, 1.82) is 0 Å². The molecule has 1 saturated heterocycles. The number of rotatable bonds is 9. The fraction of sp³-hybridized carbons (Fsp3) is 0.921. The number of carbonyl (C=O) groups excluding carboxylic acids is 1. The Hall–Kier alpha value is -1.15. The molecule has 0 unspecified atom stereocenters. The van der Waals surface area contributed by atoms with Gasteiger partial charge in [0.25, 0.3) is 0 Å². The molecule has 2 spiro atoms. The minimum absolute atomic E-state index is 0.0996. The van der Waals surface area contributed by atoms with Crippen molar-refractivity contribution in [2.45, 2.75) is 155 Å². The summed E-state index contributed by atoms with van der Waals surface area (Å²) in [6, 6.07) is 0. The summed E-state index contributed by atoms with van der Waals surface area (Å²) >= 11 is 0. The van der Waals surface area contributed by atoms with Gasteiger partial charge in [-0.2, -0.15) is 0 Å². The van der Waals surface area contributed by atoms with Crippen molar-refractivity contribution in [3.05, 3.63) is 11.6 Å². The summed E-state index contributed by atoms with van der Waals surface area (Å²) in [4.78, 5) is 12.0. The summed E-state index contributed by atoms with van der Waals surface area (Å²) < 4.78 is 16.9. The van der Waals surface area contributed by atoms with Gasteiger partial charge in [-0.1, -0.05) is 46.3 Å². The molecule has 5 aliphatic carbocycles. The van der Waals surface area contributed by atoms with E-state index in [1.165, 1.54) is 6.92 Å². The first kappa shape index (κ1) is 37.6. The number of esters is 1. The molecule has 7 N–H and O–H groups in total. The second-order valence-corrected chi connectivity index (χ2v) is 18.1. The molecular weight excluding hydrogens is 632 g/mol. The molecule has 6 aliphatic rings. The maximum Gasteiger partial charge on any atom is 0.302 e. The van der Waals surface area contributed by atoms with Crippen LogP contribution in [0.15, 0.2) is 11.6 Å². The molecular formula is C38H62O11. The van der Waals surface area contributed by atoms with E-state index in [4.69, 9.17) is 14.2 Å². The Kier molecular flexibility index (Phi) is 9.79. The molecule has 280 valence electrons. The third-order valence-corrected chi connectivity index (χ3v) is 15.6. The lowest BCUT2D eigenvalue weighted by Gasteiger charge is -2.65. The highest BCUT2D eigenvalue weighted by Gasteiger charge is 2.86. The van der Waals surface area contributed by atoms with Crippen LogP contribution >= 0.6 is 0 Å². The van der Waals surface area contributed by atoms with Gasteiger partial charge >= 0.3 is 5.97 Å². The van der Waals surface area contributed by atoms with Crippen LogP contribution in [-0.2, 0) is 19.0 Å². The van der Waals surface area contributed by atoms with Crippen LogP contribution in [0.4, 0.5) is 0 Å². The minimum Gasteiger partial charge on any atom is -0.462 e. The van der Waals surface area contributed by atoms with Crippen LogP contribution in [0.2, 0.25) is 0 Å². The number of aliphatic hydroxyl groups is 7. The van der Waals surface area contributed by atoms with Gasteiger partial charge < -0.3 is 50.0 Å². The molecule has 17 atom stereocenters. The SMILES string of the molecule is CC(=O)O[C@H]1C[C@H](O)[C@]23C[C@]24C[C@@H](O)[C@]2(C)[C@@H]([C@H](C)CC/C=C(\C)CO[C@@H]5O[C@H](CO)[C@@H](O)[C@H](O)[C@H]5O)[C@@H](O)C[C@@]2(C)[C@@H]4CC[C@H]3C1(C)C. The first-order chi connectivity index (χ1) is 22.8. The Morgan fingerprint density at radius 1 is 0.939 bits per heavy atom. The van der Waals surface area contributed by atoms with Crippen LogP contribution in [0.5, 0.6) is 0 Å². The van der Waals surface area contributed by atoms with Crippen molar-refractivity contribution in [3.63, 3.8) is 0 Å². The third-order valence-electron chi connectivity index (χ3n) is 15.6. The maximum absolute atomic E-state index is 12.3. The van der Waals surface area contributed by atoms with E-state index in [2.05, 4.69) is 40.7 Å². The van der Waals surface area contributed by atoms with Gasteiger partial charge in [0.15, 0.2) is 6.29 Å². The lowest BCUT2D eigenvalue weighted by Crippen LogP contribution is -2.64. The summed E-state index contributed by atoms with van der Waals surface area (Å²) in [6.45, 7) is 14.0. The van der Waals surface area contributed by atoms with Crippen LogP contribution in [0, 0.1) is 50.7 Å². The zero-order valence-electron chi connectivity index (χ0n) is 30.4. The number of fused-ring (bicyclic) bond motifs is 2. The minimum atomic E-state index is -1.49. The summed E-state index contributed by atoms with van der Waals surface area (Å²) in [5.74, 6) is 0.162. The zero-order valence-corrected chi connectivity index (χ0v) is 30.4. The molecule has 11 heteroatoms. The van der Waals surface area contributed by atoms with Gasteiger partial charge in [0, 0.05) is 29.6 Å². The molecule has 0 aromatic heterocycles. The van der Waals surface area contributed by atoms with E-state index in [-0.39, 0.29) is 64.0 Å². The highest BCUT2D eigenvalue weighted by atomic mass is 16.7. The monoisotopic (exact) mass is 694 g/mol. The van der Waals surface area contributed by atoms with Crippen LogP contribution in [-0.4, -0.2) is 110 Å². The lowest BCUT2D eigenvalue weighted by molar-refractivity contribution is -0.299. The van der Waals surface area contributed by atoms with E-state index >= 15 is 0 Å². The number of hydrogen-bond donors (Lipinski definition) is 7. The van der Waals surface area contributed by atoms with Crippen molar-refractivity contribution in [2.24, 2.45) is 50.7 Å². The van der Waals surface area contributed by atoms with E-state index in [1.54, 1.807) is 0 Å². The van der Waals surface area contributed by atoms with Crippen molar-refractivity contribution in [3.8, 4) is 0 Å². The van der Waals surface area contributed by atoms with Gasteiger partial charge in [0.1, 0.15) is 30.5 Å². The van der Waals surface area contributed by atoms with E-state index < -0.39 is 61.0 Å². The number of hydrogen-bond acceptors (Lipinski definition) is 11. The Morgan fingerprint density at radius 3 is 2.27 bits per heavy atom.